The van der Waals surface area contributed by atoms with Gasteiger partial charge in [0.15, 0.2) is 0 Å². The number of hydrogen-bond donors (Lipinski definition) is 2. The number of carbonyl (C=O) groups is 1. The number of benzene rings is 2. The van der Waals surface area contributed by atoms with Crippen molar-refractivity contribution in [3.05, 3.63) is 65.2 Å². The van der Waals surface area contributed by atoms with Gasteiger partial charge in [-0.2, -0.15) is 0 Å². The molecular formula is C19H20N4O4S2. The highest BCUT2D eigenvalue weighted by atomic mass is 32.2. The molecule has 3 rings (SSSR count). The molecule has 0 spiro atoms. The second-order valence-electron chi connectivity index (χ2n) is 6.28. The lowest BCUT2D eigenvalue weighted by molar-refractivity contribution is 0.102. The number of rotatable bonds is 7. The normalized spacial score (nSPS) is 12.4. The van der Waals surface area contributed by atoms with Gasteiger partial charge in [-0.05, 0) is 32.0 Å². The molecule has 1 unspecified atom stereocenters. The molecule has 0 aliphatic heterocycles. The largest absolute Gasteiger partial charge is 0.496 e. The van der Waals surface area contributed by atoms with E-state index in [1.54, 1.807) is 49.4 Å². The van der Waals surface area contributed by atoms with Crippen LogP contribution >= 0.6 is 11.3 Å². The Balaban J connectivity index is 1.74. The Labute approximate surface area is 173 Å². The number of para-hydroxylation sites is 1. The van der Waals surface area contributed by atoms with Crippen molar-refractivity contribution in [2.24, 2.45) is 0 Å². The number of aromatic nitrogens is 2. The molecule has 1 aromatic heterocycles. The molecule has 0 aliphatic carbocycles. The van der Waals surface area contributed by atoms with Gasteiger partial charge < -0.3 is 4.74 Å². The summed E-state index contributed by atoms with van der Waals surface area (Å²) < 4.78 is 32.9. The van der Waals surface area contributed by atoms with Crippen molar-refractivity contribution >= 4 is 32.4 Å². The average molecular weight is 433 g/mol. The van der Waals surface area contributed by atoms with E-state index in [0.29, 0.717) is 16.9 Å². The van der Waals surface area contributed by atoms with Crippen LogP contribution in [0.15, 0.2) is 52.9 Å². The molecule has 10 heteroatoms. The molecule has 29 heavy (non-hydrogen) atoms. The van der Waals surface area contributed by atoms with Gasteiger partial charge in [0, 0.05) is 17.2 Å². The quantitative estimate of drug-likeness (QED) is 0.555. The van der Waals surface area contributed by atoms with E-state index < -0.39 is 16.1 Å². The summed E-state index contributed by atoms with van der Waals surface area (Å²) in [5, 5.41) is 10.2. The van der Waals surface area contributed by atoms with Gasteiger partial charge in [0.05, 0.1) is 7.11 Å². The summed E-state index contributed by atoms with van der Waals surface area (Å²) >= 11 is 0.778. The summed E-state index contributed by atoms with van der Waals surface area (Å²) in [6.07, 6.45) is 0. The summed E-state index contributed by atoms with van der Waals surface area (Å²) in [7, 11) is -2.41. The molecule has 0 saturated carbocycles. The van der Waals surface area contributed by atoms with Crippen LogP contribution in [0.1, 0.15) is 34.5 Å². The average Bonchev–Trinajstić information content (AvgIpc) is 3.17. The summed E-state index contributed by atoms with van der Waals surface area (Å²) in [5.74, 6) is 0.190. The smallest absolute Gasteiger partial charge is 0.270 e. The number of ether oxygens (including phenoxy) is 1. The Morgan fingerprint density at radius 2 is 1.90 bits per heavy atom. The molecule has 2 N–H and O–H groups in total. The van der Waals surface area contributed by atoms with E-state index in [4.69, 9.17) is 4.74 Å². The van der Waals surface area contributed by atoms with Crippen molar-refractivity contribution in [2.75, 3.05) is 12.4 Å². The van der Waals surface area contributed by atoms with Crippen LogP contribution in [0.4, 0.5) is 5.13 Å². The second kappa shape index (κ2) is 8.68. The predicted octanol–water partition coefficient (Wildman–Crippen LogP) is 3.15. The maximum atomic E-state index is 12.7. The standard InChI is InChI=1S/C19H20N4O4S2/c1-12-7-6-8-14(11-12)17(24)20-18-21-22-19(28-18)29(25,26)23-13(2)15-9-4-5-10-16(15)27-3/h4-11,13,23H,1-3H3,(H,20,21,24). The summed E-state index contributed by atoms with van der Waals surface area (Å²) in [6.45, 7) is 3.58. The number of aryl methyl sites for hydroxylation is 1. The van der Waals surface area contributed by atoms with E-state index in [0.717, 1.165) is 16.9 Å². The Hall–Kier alpha value is -2.82. The fourth-order valence-electron chi connectivity index (χ4n) is 2.70. The van der Waals surface area contributed by atoms with Crippen molar-refractivity contribution < 1.29 is 17.9 Å². The van der Waals surface area contributed by atoms with Crippen LogP contribution in [0.25, 0.3) is 0 Å². The summed E-state index contributed by atoms with van der Waals surface area (Å²) in [5.41, 5.74) is 2.08. The molecule has 1 atom stereocenters. The van der Waals surface area contributed by atoms with Crippen molar-refractivity contribution in [3.63, 3.8) is 0 Å². The molecule has 8 nitrogen and oxygen atoms in total. The molecular weight excluding hydrogens is 412 g/mol. The third-order valence-corrected chi connectivity index (χ3v) is 6.82. The number of anilines is 1. The number of carbonyl (C=O) groups excluding carboxylic acids is 1. The Morgan fingerprint density at radius 3 is 2.62 bits per heavy atom. The van der Waals surface area contributed by atoms with Crippen LogP contribution in [0.2, 0.25) is 0 Å². The number of amides is 1. The Kier molecular flexibility index (Phi) is 6.26. The van der Waals surface area contributed by atoms with E-state index in [1.165, 1.54) is 7.11 Å². The molecule has 1 heterocycles. The molecule has 0 saturated heterocycles. The monoisotopic (exact) mass is 432 g/mol. The van der Waals surface area contributed by atoms with E-state index in [-0.39, 0.29) is 15.4 Å². The first-order chi connectivity index (χ1) is 13.8. The van der Waals surface area contributed by atoms with E-state index in [1.807, 2.05) is 13.0 Å². The summed E-state index contributed by atoms with van der Waals surface area (Å²) in [6, 6.07) is 13.6. The maximum absolute atomic E-state index is 12.7. The lowest BCUT2D eigenvalue weighted by Gasteiger charge is -2.16. The molecule has 0 radical (unpaired) electrons. The highest BCUT2D eigenvalue weighted by molar-refractivity contribution is 7.91. The fourth-order valence-corrected chi connectivity index (χ4v) is 4.83. The van der Waals surface area contributed by atoms with E-state index in [2.05, 4.69) is 20.2 Å². The van der Waals surface area contributed by atoms with Gasteiger partial charge in [0.1, 0.15) is 5.75 Å². The van der Waals surface area contributed by atoms with Crippen LogP contribution in [-0.2, 0) is 10.0 Å². The SMILES string of the molecule is COc1ccccc1C(C)NS(=O)(=O)c1nnc(NC(=O)c2cccc(C)c2)s1. The highest BCUT2D eigenvalue weighted by Gasteiger charge is 2.25. The van der Waals surface area contributed by atoms with E-state index in [9.17, 15) is 13.2 Å². The third kappa shape index (κ3) is 4.97. The van der Waals surface area contributed by atoms with Crippen molar-refractivity contribution in [3.8, 4) is 5.75 Å². The van der Waals surface area contributed by atoms with Crippen LogP contribution < -0.4 is 14.8 Å². The highest BCUT2D eigenvalue weighted by Crippen LogP contribution is 2.27. The van der Waals surface area contributed by atoms with Crippen LogP contribution in [0.5, 0.6) is 5.75 Å². The lowest BCUT2D eigenvalue weighted by Crippen LogP contribution is -2.27. The van der Waals surface area contributed by atoms with Gasteiger partial charge in [0.25, 0.3) is 15.9 Å². The molecule has 0 bridgehead atoms. The van der Waals surface area contributed by atoms with Crippen LogP contribution in [0, 0.1) is 6.92 Å². The van der Waals surface area contributed by atoms with Gasteiger partial charge in [-0.3, -0.25) is 10.1 Å². The maximum Gasteiger partial charge on any atom is 0.270 e. The van der Waals surface area contributed by atoms with E-state index >= 15 is 0 Å². The Bertz CT molecular complexity index is 1130. The first-order valence-corrected chi connectivity index (χ1v) is 11.0. The second-order valence-corrected chi connectivity index (χ2v) is 9.15. The summed E-state index contributed by atoms with van der Waals surface area (Å²) in [4.78, 5) is 12.3. The zero-order chi connectivity index (χ0) is 21.0. The molecule has 152 valence electrons. The van der Waals surface area contributed by atoms with Crippen molar-refractivity contribution in [2.45, 2.75) is 24.2 Å². The predicted molar refractivity (Wildman–Crippen MR) is 111 cm³/mol. The van der Waals surface area contributed by atoms with Crippen molar-refractivity contribution in [1.82, 2.24) is 14.9 Å². The van der Waals surface area contributed by atoms with Gasteiger partial charge in [-0.15, -0.1) is 10.2 Å². The molecule has 1 amide bonds. The van der Waals surface area contributed by atoms with Crippen molar-refractivity contribution in [1.29, 1.82) is 0 Å². The van der Waals surface area contributed by atoms with Gasteiger partial charge >= 0.3 is 0 Å². The fraction of sp³-hybridized carbons (Fsp3) is 0.211. The van der Waals surface area contributed by atoms with Gasteiger partial charge in [-0.1, -0.05) is 47.2 Å². The minimum atomic E-state index is -3.93. The molecule has 0 fully saturated rings. The van der Waals surface area contributed by atoms with Gasteiger partial charge in [0.2, 0.25) is 9.47 Å². The van der Waals surface area contributed by atoms with Crippen LogP contribution in [0.3, 0.4) is 0 Å². The Morgan fingerprint density at radius 1 is 1.14 bits per heavy atom. The molecule has 0 aliphatic rings. The number of methoxy groups -OCH3 is 1. The number of nitrogens with zero attached hydrogens (tertiary/aromatic N) is 2. The first-order valence-electron chi connectivity index (χ1n) is 8.67. The first kappa shape index (κ1) is 20.9. The van der Waals surface area contributed by atoms with Crippen LogP contribution in [-0.4, -0.2) is 31.6 Å². The minimum absolute atomic E-state index is 0.0989. The van der Waals surface area contributed by atoms with Gasteiger partial charge in [-0.25, -0.2) is 13.1 Å². The topological polar surface area (TPSA) is 110 Å². The zero-order valence-electron chi connectivity index (χ0n) is 16.0. The number of sulfonamides is 1. The molecule has 2 aromatic carbocycles. The zero-order valence-corrected chi connectivity index (χ0v) is 17.7. The third-order valence-electron chi connectivity index (χ3n) is 4.07. The minimum Gasteiger partial charge on any atom is -0.496 e. The number of hydrogen-bond acceptors (Lipinski definition) is 7. The number of nitrogens with one attached hydrogen (secondary N) is 2. The lowest BCUT2D eigenvalue weighted by atomic mass is 10.1. The molecule has 3 aromatic rings.